The number of rotatable bonds is 7. The molecule has 0 aromatic rings. The number of urea groups is 1. The fourth-order valence-corrected chi connectivity index (χ4v) is 2.78. The van der Waals surface area contributed by atoms with Gasteiger partial charge in [-0.3, -0.25) is 4.79 Å². The van der Waals surface area contributed by atoms with Gasteiger partial charge < -0.3 is 15.7 Å². The molecule has 1 atom stereocenters. The minimum absolute atomic E-state index is 0.105. The Balaban J connectivity index is 2.15. The van der Waals surface area contributed by atoms with Crippen LogP contribution in [-0.2, 0) is 4.79 Å². The molecular weight excluding hydrogens is 268 g/mol. The van der Waals surface area contributed by atoms with Gasteiger partial charge in [0.25, 0.3) is 0 Å². The molecule has 1 fully saturated rings. The number of carbonyl (C=O) groups excluding carboxylic acids is 1. The first-order valence-corrected chi connectivity index (χ1v) is 8.15. The molecular formula is C16H30N2O3. The molecule has 0 aliphatic heterocycles. The molecule has 0 aromatic heterocycles. The number of hydrogen-bond donors (Lipinski definition) is 3. The Morgan fingerprint density at radius 3 is 2.24 bits per heavy atom. The fraction of sp³-hybridized carbons (Fsp3) is 0.875. The maximum Gasteiger partial charge on any atom is 0.315 e. The maximum absolute atomic E-state index is 11.8. The van der Waals surface area contributed by atoms with Crippen molar-refractivity contribution in [1.29, 1.82) is 0 Å². The second-order valence-corrected chi connectivity index (χ2v) is 6.78. The summed E-state index contributed by atoms with van der Waals surface area (Å²) >= 11 is 0. The van der Waals surface area contributed by atoms with Gasteiger partial charge in [-0.15, -0.1) is 0 Å². The van der Waals surface area contributed by atoms with Crippen molar-refractivity contribution >= 4 is 12.0 Å². The summed E-state index contributed by atoms with van der Waals surface area (Å²) in [6, 6.07) is 0.0850. The first kappa shape index (κ1) is 17.8. The minimum Gasteiger partial charge on any atom is -0.481 e. The Bertz CT molecular complexity index is 336. The van der Waals surface area contributed by atoms with Crippen LogP contribution in [0.15, 0.2) is 0 Å². The second-order valence-electron chi connectivity index (χ2n) is 6.78. The fourth-order valence-electron chi connectivity index (χ4n) is 2.78. The first-order chi connectivity index (χ1) is 9.88. The molecule has 1 aliphatic carbocycles. The number of aliphatic carboxylic acids is 1. The van der Waals surface area contributed by atoms with Crippen LogP contribution >= 0.6 is 0 Å². The lowest BCUT2D eigenvalue weighted by atomic mass is 9.82. The Labute approximate surface area is 127 Å². The van der Waals surface area contributed by atoms with Crippen molar-refractivity contribution in [2.45, 2.75) is 65.3 Å². The van der Waals surface area contributed by atoms with Crippen LogP contribution in [0, 0.1) is 17.8 Å². The van der Waals surface area contributed by atoms with Crippen LogP contribution in [0.3, 0.4) is 0 Å². The molecule has 0 heterocycles. The standard InChI is InChI=1S/C16H30N2O3/c1-11(2)4-5-12(3)18-16(21)17-10-13-6-8-14(9-7-13)15(19)20/h11-14H,4-10H2,1-3H3,(H,19,20)(H2,17,18,21). The van der Waals surface area contributed by atoms with E-state index in [1.54, 1.807) is 0 Å². The van der Waals surface area contributed by atoms with Crippen LogP contribution in [0.25, 0.3) is 0 Å². The van der Waals surface area contributed by atoms with Crippen LogP contribution in [0.5, 0.6) is 0 Å². The van der Waals surface area contributed by atoms with Crippen LogP contribution in [-0.4, -0.2) is 29.7 Å². The molecule has 2 amide bonds. The highest BCUT2D eigenvalue weighted by molar-refractivity contribution is 5.74. The van der Waals surface area contributed by atoms with Gasteiger partial charge in [-0.25, -0.2) is 4.79 Å². The molecule has 5 heteroatoms. The normalized spacial score (nSPS) is 23.6. The lowest BCUT2D eigenvalue weighted by molar-refractivity contribution is -0.143. The second kappa shape index (κ2) is 8.90. The highest BCUT2D eigenvalue weighted by Crippen LogP contribution is 2.28. The molecule has 1 unspecified atom stereocenters. The summed E-state index contributed by atoms with van der Waals surface area (Å²) in [4.78, 5) is 22.7. The summed E-state index contributed by atoms with van der Waals surface area (Å²) in [5, 5.41) is 14.8. The molecule has 0 aromatic carbocycles. The summed E-state index contributed by atoms with van der Waals surface area (Å²) in [6.07, 6.45) is 5.35. The summed E-state index contributed by atoms with van der Waals surface area (Å²) in [5.74, 6) is 0.198. The van der Waals surface area contributed by atoms with E-state index in [4.69, 9.17) is 5.11 Å². The van der Waals surface area contributed by atoms with E-state index in [0.717, 1.165) is 38.5 Å². The highest BCUT2D eigenvalue weighted by Gasteiger charge is 2.26. The summed E-state index contributed by atoms with van der Waals surface area (Å²) in [5.41, 5.74) is 0. The van der Waals surface area contributed by atoms with E-state index in [9.17, 15) is 9.59 Å². The number of amides is 2. The minimum atomic E-state index is -0.682. The van der Waals surface area contributed by atoms with E-state index in [1.165, 1.54) is 0 Å². The van der Waals surface area contributed by atoms with Crippen molar-refractivity contribution in [1.82, 2.24) is 10.6 Å². The Hall–Kier alpha value is -1.26. The van der Waals surface area contributed by atoms with Gasteiger partial charge in [0, 0.05) is 12.6 Å². The zero-order valence-corrected chi connectivity index (χ0v) is 13.5. The third-order valence-electron chi connectivity index (χ3n) is 4.30. The Kier molecular flexibility index (Phi) is 7.54. The average Bonchev–Trinajstić information content (AvgIpc) is 2.43. The van der Waals surface area contributed by atoms with E-state index < -0.39 is 5.97 Å². The van der Waals surface area contributed by atoms with Gasteiger partial charge in [0.05, 0.1) is 5.92 Å². The highest BCUT2D eigenvalue weighted by atomic mass is 16.4. The molecule has 1 saturated carbocycles. The van der Waals surface area contributed by atoms with Crippen molar-refractivity contribution < 1.29 is 14.7 Å². The van der Waals surface area contributed by atoms with Gasteiger partial charge in [-0.05, 0) is 57.3 Å². The van der Waals surface area contributed by atoms with Crippen LogP contribution < -0.4 is 10.6 Å². The average molecular weight is 298 g/mol. The zero-order valence-electron chi connectivity index (χ0n) is 13.5. The number of carbonyl (C=O) groups is 2. The van der Waals surface area contributed by atoms with E-state index in [0.29, 0.717) is 18.4 Å². The summed E-state index contributed by atoms with van der Waals surface area (Å²) in [6.45, 7) is 7.04. The lowest BCUT2D eigenvalue weighted by Crippen LogP contribution is -2.43. The van der Waals surface area contributed by atoms with Crippen molar-refractivity contribution in [2.75, 3.05) is 6.54 Å². The van der Waals surface area contributed by atoms with Crippen LogP contribution in [0.2, 0.25) is 0 Å². The molecule has 0 bridgehead atoms. The molecule has 3 N–H and O–H groups in total. The maximum atomic E-state index is 11.8. The third-order valence-corrected chi connectivity index (χ3v) is 4.30. The van der Waals surface area contributed by atoms with Gasteiger partial charge in [0.1, 0.15) is 0 Å². The monoisotopic (exact) mass is 298 g/mol. The van der Waals surface area contributed by atoms with Gasteiger partial charge in [0.2, 0.25) is 0 Å². The molecule has 0 radical (unpaired) electrons. The number of nitrogens with one attached hydrogen (secondary N) is 2. The molecule has 21 heavy (non-hydrogen) atoms. The van der Waals surface area contributed by atoms with Crippen molar-refractivity contribution in [3.8, 4) is 0 Å². The molecule has 122 valence electrons. The molecule has 5 nitrogen and oxygen atoms in total. The topological polar surface area (TPSA) is 78.4 Å². The molecule has 1 rings (SSSR count). The predicted octanol–water partition coefficient (Wildman–Crippen LogP) is 3.00. The van der Waals surface area contributed by atoms with Crippen LogP contribution in [0.1, 0.15) is 59.3 Å². The SMILES string of the molecule is CC(C)CCC(C)NC(=O)NCC1CCC(C(=O)O)CC1. The van der Waals surface area contributed by atoms with E-state index in [-0.39, 0.29) is 18.0 Å². The number of carboxylic acid groups (broad SMARTS) is 1. The van der Waals surface area contributed by atoms with E-state index in [2.05, 4.69) is 24.5 Å². The summed E-state index contributed by atoms with van der Waals surface area (Å²) < 4.78 is 0. The Morgan fingerprint density at radius 1 is 1.10 bits per heavy atom. The molecule has 0 saturated heterocycles. The zero-order chi connectivity index (χ0) is 15.8. The van der Waals surface area contributed by atoms with E-state index >= 15 is 0 Å². The molecule has 1 aliphatic rings. The predicted molar refractivity (Wildman–Crippen MR) is 83.2 cm³/mol. The smallest absolute Gasteiger partial charge is 0.315 e. The van der Waals surface area contributed by atoms with Gasteiger partial charge in [-0.1, -0.05) is 13.8 Å². The van der Waals surface area contributed by atoms with Gasteiger partial charge in [0.15, 0.2) is 0 Å². The van der Waals surface area contributed by atoms with E-state index in [1.807, 2.05) is 6.92 Å². The third kappa shape index (κ3) is 7.34. The Morgan fingerprint density at radius 2 is 1.71 bits per heavy atom. The first-order valence-electron chi connectivity index (χ1n) is 8.15. The number of carboxylic acids is 1. The largest absolute Gasteiger partial charge is 0.481 e. The van der Waals surface area contributed by atoms with Crippen LogP contribution in [0.4, 0.5) is 4.79 Å². The lowest BCUT2D eigenvalue weighted by Gasteiger charge is -2.26. The van der Waals surface area contributed by atoms with Crippen molar-refractivity contribution in [3.63, 3.8) is 0 Å². The van der Waals surface area contributed by atoms with Crippen molar-refractivity contribution in [2.24, 2.45) is 17.8 Å². The quantitative estimate of drug-likeness (QED) is 0.676. The molecule has 0 spiro atoms. The van der Waals surface area contributed by atoms with Gasteiger partial charge >= 0.3 is 12.0 Å². The van der Waals surface area contributed by atoms with Gasteiger partial charge in [-0.2, -0.15) is 0 Å². The summed E-state index contributed by atoms with van der Waals surface area (Å²) in [7, 11) is 0. The number of hydrogen-bond acceptors (Lipinski definition) is 2. The van der Waals surface area contributed by atoms with Crippen molar-refractivity contribution in [3.05, 3.63) is 0 Å².